The van der Waals surface area contributed by atoms with Crippen molar-refractivity contribution in [3.63, 3.8) is 0 Å². The van der Waals surface area contributed by atoms with E-state index in [0.29, 0.717) is 36.9 Å². The van der Waals surface area contributed by atoms with Crippen molar-refractivity contribution in [3.05, 3.63) is 46.6 Å². The van der Waals surface area contributed by atoms with Crippen molar-refractivity contribution >= 4 is 43.1 Å². The highest BCUT2D eigenvalue weighted by Gasteiger charge is 2.25. The third-order valence-corrected chi connectivity index (χ3v) is 6.51. The summed E-state index contributed by atoms with van der Waals surface area (Å²) < 4.78 is 22.5. The molecule has 0 unspecified atom stereocenters. The fourth-order valence-electron chi connectivity index (χ4n) is 3.15. The van der Waals surface area contributed by atoms with Gasteiger partial charge in [0.25, 0.3) is 5.91 Å². The highest BCUT2D eigenvalue weighted by Crippen LogP contribution is 2.29. The van der Waals surface area contributed by atoms with Crippen molar-refractivity contribution in [2.45, 2.75) is 13.0 Å². The number of amides is 1. The minimum atomic E-state index is -3.00. The summed E-state index contributed by atoms with van der Waals surface area (Å²) in [7, 11) is -3.00. The van der Waals surface area contributed by atoms with Gasteiger partial charge in [-0.15, -0.1) is 0 Å². The van der Waals surface area contributed by atoms with E-state index in [-0.39, 0.29) is 11.7 Å². The molecule has 2 aromatic heterocycles. The zero-order valence-electron chi connectivity index (χ0n) is 14.9. The second-order valence-electron chi connectivity index (χ2n) is 6.69. The normalized spacial score (nSPS) is 14.3. The molecular formula is C18H20N4O3S2. The van der Waals surface area contributed by atoms with Gasteiger partial charge in [0.15, 0.2) is 5.13 Å². The minimum absolute atomic E-state index is 0.0168. The van der Waals surface area contributed by atoms with E-state index < -0.39 is 9.84 Å². The number of aromatic nitrogens is 2. The Bertz CT molecular complexity index is 1070. The van der Waals surface area contributed by atoms with E-state index in [1.807, 2.05) is 35.2 Å². The molecule has 1 aliphatic heterocycles. The van der Waals surface area contributed by atoms with E-state index >= 15 is 0 Å². The Kier molecular flexibility index (Phi) is 4.65. The number of hydrogen-bond donors (Lipinski definition) is 2. The predicted octanol–water partition coefficient (Wildman–Crippen LogP) is 2.28. The molecule has 0 saturated carbocycles. The number of carbonyl (C=O) groups is 1. The number of thiazole rings is 1. The van der Waals surface area contributed by atoms with Crippen LogP contribution < -0.4 is 5.32 Å². The van der Waals surface area contributed by atoms with Gasteiger partial charge in [0.1, 0.15) is 15.5 Å². The van der Waals surface area contributed by atoms with Crippen LogP contribution in [0.2, 0.25) is 0 Å². The van der Waals surface area contributed by atoms with Gasteiger partial charge in [-0.05, 0) is 12.1 Å². The van der Waals surface area contributed by atoms with Crippen LogP contribution in [-0.2, 0) is 22.8 Å². The summed E-state index contributed by atoms with van der Waals surface area (Å²) in [6.07, 6.45) is 1.92. The van der Waals surface area contributed by atoms with Gasteiger partial charge < -0.3 is 15.2 Å². The fraction of sp³-hybridized carbons (Fsp3) is 0.333. The average Bonchev–Trinajstić information content (AvgIpc) is 3.22. The lowest BCUT2D eigenvalue weighted by Crippen LogP contribution is -2.35. The monoisotopic (exact) mass is 404 g/mol. The van der Waals surface area contributed by atoms with Crippen LogP contribution in [0, 0.1) is 0 Å². The third kappa shape index (κ3) is 3.98. The Hall–Kier alpha value is -2.39. The lowest BCUT2D eigenvalue weighted by molar-refractivity contribution is 0.0731. The second kappa shape index (κ2) is 6.97. The van der Waals surface area contributed by atoms with Gasteiger partial charge in [-0.25, -0.2) is 13.4 Å². The number of fused-ring (bicyclic) bond motifs is 2. The van der Waals surface area contributed by atoms with Crippen LogP contribution in [0.1, 0.15) is 21.1 Å². The largest absolute Gasteiger partial charge is 0.360 e. The molecule has 9 heteroatoms. The summed E-state index contributed by atoms with van der Waals surface area (Å²) in [5.41, 5.74) is 2.53. The van der Waals surface area contributed by atoms with E-state index in [1.54, 1.807) is 0 Å². The molecule has 3 aromatic rings. The predicted molar refractivity (Wildman–Crippen MR) is 107 cm³/mol. The first kappa shape index (κ1) is 18.0. The van der Waals surface area contributed by atoms with Crippen LogP contribution >= 0.6 is 11.3 Å². The first-order chi connectivity index (χ1) is 12.9. The SMILES string of the molecule is CS(=O)(=O)CCNc1nc2c(s1)CN(C(=O)c1cc3ccccc3[nH]1)CC2. The Balaban J connectivity index is 1.45. The number of sulfone groups is 1. The number of hydrogen-bond acceptors (Lipinski definition) is 6. The van der Waals surface area contributed by atoms with Crippen molar-refractivity contribution in [2.75, 3.05) is 30.4 Å². The molecule has 2 N–H and O–H groups in total. The van der Waals surface area contributed by atoms with Gasteiger partial charge in [0.2, 0.25) is 0 Å². The molecule has 1 aromatic carbocycles. The molecule has 27 heavy (non-hydrogen) atoms. The number of carbonyl (C=O) groups excluding carboxylic acids is 1. The van der Waals surface area contributed by atoms with Crippen LogP contribution in [0.25, 0.3) is 10.9 Å². The van der Waals surface area contributed by atoms with Crippen molar-refractivity contribution in [3.8, 4) is 0 Å². The summed E-state index contributed by atoms with van der Waals surface area (Å²) in [5, 5.41) is 4.80. The summed E-state index contributed by atoms with van der Waals surface area (Å²) in [6.45, 7) is 1.48. The van der Waals surface area contributed by atoms with Crippen LogP contribution in [-0.4, -0.2) is 54.3 Å². The maximum absolute atomic E-state index is 12.9. The molecule has 3 heterocycles. The maximum atomic E-state index is 12.9. The van der Waals surface area contributed by atoms with Crippen molar-refractivity contribution in [1.29, 1.82) is 0 Å². The molecule has 4 rings (SSSR count). The first-order valence-electron chi connectivity index (χ1n) is 8.66. The Morgan fingerprint density at radius 2 is 2.19 bits per heavy atom. The number of H-pyrrole nitrogens is 1. The maximum Gasteiger partial charge on any atom is 0.270 e. The third-order valence-electron chi connectivity index (χ3n) is 4.53. The summed E-state index contributed by atoms with van der Waals surface area (Å²) in [6, 6.07) is 9.72. The molecule has 0 radical (unpaired) electrons. The molecule has 0 fully saturated rings. The van der Waals surface area contributed by atoms with Gasteiger partial charge >= 0.3 is 0 Å². The van der Waals surface area contributed by atoms with Gasteiger partial charge in [-0.1, -0.05) is 29.5 Å². The highest BCUT2D eigenvalue weighted by atomic mass is 32.2. The van der Waals surface area contributed by atoms with Crippen LogP contribution in [0.3, 0.4) is 0 Å². The number of para-hydroxylation sites is 1. The second-order valence-corrected chi connectivity index (χ2v) is 10.0. The van der Waals surface area contributed by atoms with E-state index in [1.165, 1.54) is 17.6 Å². The molecule has 0 bridgehead atoms. The lowest BCUT2D eigenvalue weighted by Gasteiger charge is -2.25. The van der Waals surface area contributed by atoms with Crippen molar-refractivity contribution < 1.29 is 13.2 Å². The average molecular weight is 405 g/mol. The van der Waals surface area contributed by atoms with E-state index in [4.69, 9.17) is 0 Å². The molecule has 0 saturated heterocycles. The van der Waals surface area contributed by atoms with E-state index in [2.05, 4.69) is 15.3 Å². The molecule has 142 valence electrons. The molecule has 7 nitrogen and oxygen atoms in total. The first-order valence-corrected chi connectivity index (χ1v) is 11.5. The number of aromatic amines is 1. The Morgan fingerprint density at radius 3 is 2.96 bits per heavy atom. The number of nitrogens with one attached hydrogen (secondary N) is 2. The van der Waals surface area contributed by atoms with Crippen LogP contribution in [0.4, 0.5) is 5.13 Å². The van der Waals surface area contributed by atoms with Crippen LogP contribution in [0.15, 0.2) is 30.3 Å². The van der Waals surface area contributed by atoms with Gasteiger partial charge in [0, 0.05) is 41.5 Å². The zero-order valence-corrected chi connectivity index (χ0v) is 16.5. The summed E-state index contributed by atoms with van der Waals surface area (Å²) in [5.74, 6) is 0.0548. The highest BCUT2D eigenvalue weighted by molar-refractivity contribution is 7.90. The quantitative estimate of drug-likeness (QED) is 0.680. The van der Waals surface area contributed by atoms with Crippen molar-refractivity contribution in [1.82, 2.24) is 14.9 Å². The van der Waals surface area contributed by atoms with Gasteiger partial charge in [-0.2, -0.15) is 0 Å². The van der Waals surface area contributed by atoms with Crippen molar-refractivity contribution in [2.24, 2.45) is 0 Å². The number of rotatable bonds is 5. The molecule has 0 atom stereocenters. The lowest BCUT2D eigenvalue weighted by atomic mass is 10.1. The van der Waals surface area contributed by atoms with Gasteiger partial charge in [0.05, 0.1) is 18.0 Å². The van der Waals surface area contributed by atoms with Gasteiger partial charge in [-0.3, -0.25) is 4.79 Å². The summed E-state index contributed by atoms with van der Waals surface area (Å²) in [4.78, 5) is 23.5. The fourth-order valence-corrected chi connectivity index (χ4v) is 4.67. The topological polar surface area (TPSA) is 95.2 Å². The molecular weight excluding hydrogens is 384 g/mol. The number of anilines is 1. The van der Waals surface area contributed by atoms with Crippen LogP contribution in [0.5, 0.6) is 0 Å². The molecule has 1 aliphatic rings. The Labute approximate surface area is 161 Å². The summed E-state index contributed by atoms with van der Waals surface area (Å²) >= 11 is 1.49. The standard InChI is InChI=1S/C18H20N4O3S2/c1-27(24,25)9-7-19-18-21-14-6-8-22(11-16(14)26-18)17(23)15-10-12-4-2-3-5-13(12)20-15/h2-5,10,20H,6-9,11H2,1H3,(H,19,21). The molecule has 1 amide bonds. The molecule has 0 spiro atoms. The Morgan fingerprint density at radius 1 is 1.37 bits per heavy atom. The smallest absolute Gasteiger partial charge is 0.270 e. The van der Waals surface area contributed by atoms with E-state index in [9.17, 15) is 13.2 Å². The number of benzene rings is 1. The minimum Gasteiger partial charge on any atom is -0.360 e. The zero-order chi connectivity index (χ0) is 19.0. The number of nitrogens with zero attached hydrogens (tertiary/aromatic N) is 2. The molecule has 0 aliphatic carbocycles. The van der Waals surface area contributed by atoms with E-state index in [0.717, 1.165) is 21.5 Å².